The standard InChI is InChI=1S/C24H25N3O2.C9H8O3/c1-16-8-13-21(25-20-6-5-7-22(14-20)27(3)4)15-23(16)26-24(29)19-11-9-18(10-12-19)17(2)28;1-6(10)7-2-4-8(5-3-7)9(11)12/h5-15,25H,1-4H3,(H,26,29);2-5H,1H3,(H,11,12). The van der Waals surface area contributed by atoms with Gasteiger partial charge in [0.05, 0.1) is 5.56 Å². The summed E-state index contributed by atoms with van der Waals surface area (Å²) < 4.78 is 0. The van der Waals surface area contributed by atoms with Gasteiger partial charge in [-0.25, -0.2) is 4.79 Å². The molecular weight excluding hydrogens is 518 g/mol. The van der Waals surface area contributed by atoms with Gasteiger partial charge in [0.1, 0.15) is 0 Å². The molecular formula is C33H33N3O5. The van der Waals surface area contributed by atoms with E-state index in [-0.39, 0.29) is 23.0 Å². The molecule has 0 aliphatic rings. The number of rotatable bonds is 8. The van der Waals surface area contributed by atoms with Crippen LogP contribution in [0.2, 0.25) is 0 Å². The lowest BCUT2D eigenvalue weighted by atomic mass is 10.1. The molecule has 0 saturated carbocycles. The number of aromatic carboxylic acids is 1. The van der Waals surface area contributed by atoms with Crippen molar-refractivity contribution in [2.24, 2.45) is 0 Å². The SMILES string of the molecule is CC(=O)c1ccc(C(=O)Nc2cc(Nc3cccc(N(C)C)c3)ccc2C)cc1.CC(=O)c1ccc(C(=O)O)cc1. The Hall–Kier alpha value is -5.24. The first-order valence-corrected chi connectivity index (χ1v) is 12.9. The predicted octanol–water partition coefficient (Wildman–Crippen LogP) is 6.85. The second kappa shape index (κ2) is 13.7. The summed E-state index contributed by atoms with van der Waals surface area (Å²) in [5.74, 6) is -1.28. The number of carboxylic acid groups (broad SMARTS) is 1. The molecule has 0 heterocycles. The highest BCUT2D eigenvalue weighted by atomic mass is 16.4. The normalized spacial score (nSPS) is 10.1. The zero-order valence-electron chi connectivity index (χ0n) is 23.7. The molecule has 0 unspecified atom stereocenters. The molecule has 41 heavy (non-hydrogen) atoms. The van der Waals surface area contributed by atoms with E-state index in [1.165, 1.54) is 38.1 Å². The van der Waals surface area contributed by atoms with Gasteiger partial charge in [-0.15, -0.1) is 0 Å². The maximum absolute atomic E-state index is 12.6. The maximum atomic E-state index is 12.6. The maximum Gasteiger partial charge on any atom is 0.335 e. The van der Waals surface area contributed by atoms with Crippen molar-refractivity contribution in [1.29, 1.82) is 0 Å². The van der Waals surface area contributed by atoms with Crippen molar-refractivity contribution >= 4 is 46.2 Å². The summed E-state index contributed by atoms with van der Waals surface area (Å²) in [5, 5.41) is 14.9. The van der Waals surface area contributed by atoms with Gasteiger partial charge >= 0.3 is 5.97 Å². The van der Waals surface area contributed by atoms with Crippen molar-refractivity contribution < 1.29 is 24.3 Å². The number of nitrogens with one attached hydrogen (secondary N) is 2. The van der Waals surface area contributed by atoms with Crippen molar-refractivity contribution in [1.82, 2.24) is 0 Å². The molecule has 0 radical (unpaired) electrons. The zero-order chi connectivity index (χ0) is 30.1. The average Bonchev–Trinajstić information content (AvgIpc) is 2.95. The summed E-state index contributed by atoms with van der Waals surface area (Å²) in [6.07, 6.45) is 0. The summed E-state index contributed by atoms with van der Waals surface area (Å²) in [6.45, 7) is 4.89. The van der Waals surface area contributed by atoms with E-state index in [1.807, 2.05) is 62.3 Å². The average molecular weight is 552 g/mol. The molecule has 0 saturated heterocycles. The molecule has 0 atom stereocenters. The third-order valence-corrected chi connectivity index (χ3v) is 6.23. The summed E-state index contributed by atoms with van der Waals surface area (Å²) in [6, 6.07) is 26.5. The fraction of sp³-hybridized carbons (Fsp3) is 0.152. The van der Waals surface area contributed by atoms with Crippen molar-refractivity contribution in [3.63, 3.8) is 0 Å². The number of Topliss-reactive ketones (excluding diaryl/α,β-unsaturated/α-hetero) is 2. The van der Waals surface area contributed by atoms with Gasteiger partial charge < -0.3 is 20.6 Å². The van der Waals surface area contributed by atoms with E-state index in [4.69, 9.17) is 5.11 Å². The lowest BCUT2D eigenvalue weighted by Gasteiger charge is -2.15. The van der Waals surface area contributed by atoms with Crippen molar-refractivity contribution in [3.8, 4) is 0 Å². The van der Waals surface area contributed by atoms with Gasteiger partial charge in [-0.2, -0.15) is 0 Å². The molecule has 8 nitrogen and oxygen atoms in total. The van der Waals surface area contributed by atoms with E-state index in [2.05, 4.69) is 16.7 Å². The molecule has 3 N–H and O–H groups in total. The van der Waals surface area contributed by atoms with Crippen LogP contribution in [-0.4, -0.2) is 42.6 Å². The second-order valence-electron chi connectivity index (χ2n) is 9.63. The highest BCUT2D eigenvalue weighted by Gasteiger charge is 2.10. The van der Waals surface area contributed by atoms with Crippen molar-refractivity contribution in [2.45, 2.75) is 20.8 Å². The monoisotopic (exact) mass is 551 g/mol. The molecule has 4 aromatic rings. The summed E-state index contributed by atoms with van der Waals surface area (Å²) in [4.78, 5) is 47.2. The van der Waals surface area contributed by atoms with E-state index in [0.29, 0.717) is 16.7 Å². The summed E-state index contributed by atoms with van der Waals surface area (Å²) >= 11 is 0. The Morgan fingerprint density at radius 3 is 1.68 bits per heavy atom. The van der Waals surface area contributed by atoms with Crippen LogP contribution in [-0.2, 0) is 0 Å². The van der Waals surface area contributed by atoms with E-state index >= 15 is 0 Å². The van der Waals surface area contributed by atoms with Crippen LogP contribution in [0.5, 0.6) is 0 Å². The van der Waals surface area contributed by atoms with E-state index < -0.39 is 5.97 Å². The molecule has 0 aromatic heterocycles. The molecule has 0 spiro atoms. The van der Waals surface area contributed by atoms with Gasteiger partial charge in [0.25, 0.3) is 5.91 Å². The van der Waals surface area contributed by atoms with Gasteiger partial charge in [-0.05, 0) is 80.9 Å². The largest absolute Gasteiger partial charge is 0.478 e. The molecule has 0 aliphatic carbocycles. The van der Waals surface area contributed by atoms with Crippen LogP contribution in [0, 0.1) is 6.92 Å². The lowest BCUT2D eigenvalue weighted by Crippen LogP contribution is -2.13. The van der Waals surface area contributed by atoms with Crippen LogP contribution < -0.4 is 15.5 Å². The van der Waals surface area contributed by atoms with E-state index in [0.717, 1.165) is 28.3 Å². The number of aryl methyl sites for hydroxylation is 1. The first kappa shape index (κ1) is 30.3. The molecule has 0 bridgehead atoms. The third-order valence-electron chi connectivity index (χ3n) is 6.23. The van der Waals surface area contributed by atoms with Gasteiger partial charge in [0.2, 0.25) is 0 Å². The third kappa shape index (κ3) is 8.63. The molecule has 210 valence electrons. The fourth-order valence-electron chi connectivity index (χ4n) is 3.76. The minimum atomic E-state index is -0.981. The Morgan fingerprint density at radius 2 is 1.17 bits per heavy atom. The summed E-state index contributed by atoms with van der Waals surface area (Å²) in [7, 11) is 4.00. The quantitative estimate of drug-likeness (QED) is 0.205. The van der Waals surface area contributed by atoms with Crippen LogP contribution >= 0.6 is 0 Å². The zero-order valence-corrected chi connectivity index (χ0v) is 23.7. The number of ketones is 2. The molecule has 8 heteroatoms. The van der Waals surface area contributed by atoms with Gasteiger partial charge in [0.15, 0.2) is 11.6 Å². The van der Waals surface area contributed by atoms with Crippen molar-refractivity contribution in [3.05, 3.63) is 119 Å². The molecule has 0 fully saturated rings. The number of nitrogens with zero attached hydrogens (tertiary/aromatic N) is 1. The van der Waals surface area contributed by atoms with E-state index in [9.17, 15) is 19.2 Å². The van der Waals surface area contributed by atoms with Crippen molar-refractivity contribution in [2.75, 3.05) is 29.6 Å². The lowest BCUT2D eigenvalue weighted by molar-refractivity contribution is 0.0696. The van der Waals surface area contributed by atoms with Gasteiger partial charge in [-0.1, -0.05) is 36.4 Å². The smallest absolute Gasteiger partial charge is 0.335 e. The predicted molar refractivity (Wildman–Crippen MR) is 163 cm³/mol. The van der Waals surface area contributed by atoms with Crippen LogP contribution in [0.25, 0.3) is 0 Å². The second-order valence-corrected chi connectivity index (χ2v) is 9.63. The van der Waals surface area contributed by atoms with Crippen LogP contribution in [0.1, 0.15) is 60.8 Å². The Labute approximate surface area is 239 Å². The fourth-order valence-corrected chi connectivity index (χ4v) is 3.76. The number of hydrogen-bond acceptors (Lipinski definition) is 6. The molecule has 4 rings (SSSR count). The van der Waals surface area contributed by atoms with Crippen LogP contribution in [0.4, 0.5) is 22.7 Å². The first-order chi connectivity index (χ1) is 19.4. The van der Waals surface area contributed by atoms with Crippen LogP contribution in [0.15, 0.2) is 91.0 Å². The number of carbonyl (C=O) groups excluding carboxylic acids is 3. The number of carbonyl (C=O) groups is 4. The number of hydrogen-bond donors (Lipinski definition) is 3. The Morgan fingerprint density at radius 1 is 0.659 bits per heavy atom. The Balaban J connectivity index is 0.000000322. The number of amides is 1. The van der Waals surface area contributed by atoms with E-state index in [1.54, 1.807) is 24.3 Å². The topological polar surface area (TPSA) is 116 Å². The first-order valence-electron chi connectivity index (χ1n) is 12.9. The minimum Gasteiger partial charge on any atom is -0.478 e. The van der Waals surface area contributed by atoms with Gasteiger partial charge in [-0.3, -0.25) is 14.4 Å². The molecule has 0 aliphatic heterocycles. The summed E-state index contributed by atoms with van der Waals surface area (Å²) in [5.41, 5.74) is 6.47. The minimum absolute atomic E-state index is 0.0232. The number of carboxylic acids is 1. The number of anilines is 4. The highest BCUT2D eigenvalue weighted by molar-refractivity contribution is 6.05. The number of benzene rings is 4. The highest BCUT2D eigenvalue weighted by Crippen LogP contribution is 2.26. The Bertz CT molecular complexity index is 1530. The Kier molecular flexibility index (Phi) is 10.1. The molecule has 1 amide bonds. The van der Waals surface area contributed by atoms with Crippen LogP contribution in [0.3, 0.4) is 0 Å². The molecule has 4 aromatic carbocycles. The van der Waals surface area contributed by atoms with Gasteiger partial charge in [0, 0.05) is 53.5 Å².